The van der Waals surface area contributed by atoms with Crippen LogP contribution in [0.15, 0.2) is 26.3 Å². The third-order valence-electron chi connectivity index (χ3n) is 2.85. The van der Waals surface area contributed by atoms with Crippen LogP contribution in [0.25, 0.3) is 0 Å². The molecule has 11 heteroatoms. The molecule has 2 aromatic heterocycles. The van der Waals surface area contributed by atoms with Crippen LogP contribution in [0, 0.1) is 0 Å². The minimum Gasteiger partial charge on any atom is -0.357 e. The maximum Gasteiger partial charge on any atom is 0.434 e. The number of rotatable bonds is 6. The van der Waals surface area contributed by atoms with E-state index in [1.54, 1.807) is 11.3 Å². The number of nitrogens with one attached hydrogen (secondary N) is 2. The summed E-state index contributed by atoms with van der Waals surface area (Å²) in [7, 11) is 0. The molecule has 0 unspecified atom stereocenters. The summed E-state index contributed by atoms with van der Waals surface area (Å²) in [6.45, 7) is 3.39. The Kier molecular flexibility index (Phi) is 9.67. The summed E-state index contributed by atoms with van der Waals surface area (Å²) in [5.41, 5.74) is -0.862. The molecule has 0 amide bonds. The van der Waals surface area contributed by atoms with Crippen molar-refractivity contribution < 1.29 is 13.2 Å². The van der Waals surface area contributed by atoms with Crippen molar-refractivity contribution in [2.75, 3.05) is 13.1 Å². The molecule has 0 atom stereocenters. The Hall–Kier alpha value is -0.400. The van der Waals surface area contributed by atoms with Crippen molar-refractivity contribution in [2.24, 2.45) is 4.99 Å². The van der Waals surface area contributed by atoms with Crippen LogP contribution in [0.3, 0.4) is 0 Å². The van der Waals surface area contributed by atoms with Gasteiger partial charge in [-0.15, -0.1) is 46.7 Å². The van der Waals surface area contributed by atoms with Gasteiger partial charge in [-0.3, -0.25) is 0 Å². The molecule has 0 saturated carbocycles. The Balaban J connectivity index is 0.00000312. The Morgan fingerprint density at radius 2 is 2.08 bits per heavy atom. The molecule has 0 aliphatic rings. The summed E-state index contributed by atoms with van der Waals surface area (Å²) in [5, 5.41) is 7.59. The number of thiophene rings is 1. The van der Waals surface area contributed by atoms with Gasteiger partial charge in [0.2, 0.25) is 0 Å². The topological polar surface area (TPSA) is 49.3 Å². The van der Waals surface area contributed by atoms with Gasteiger partial charge in [-0.1, -0.05) is 0 Å². The summed E-state index contributed by atoms with van der Waals surface area (Å²) in [5.74, 6) is 0.567. The van der Waals surface area contributed by atoms with E-state index in [1.807, 2.05) is 13.0 Å². The van der Waals surface area contributed by atoms with Gasteiger partial charge in [0.25, 0.3) is 0 Å². The number of aliphatic imine (C=N–C) groups is 1. The van der Waals surface area contributed by atoms with Gasteiger partial charge in [0.1, 0.15) is 5.01 Å². The zero-order chi connectivity index (χ0) is 17.6. The highest BCUT2D eigenvalue weighted by Gasteiger charge is 2.33. The van der Waals surface area contributed by atoms with Crippen molar-refractivity contribution in [3.05, 3.63) is 36.9 Å². The first-order valence-corrected chi connectivity index (χ1v) is 9.65. The number of nitrogens with zero attached hydrogens (tertiary/aromatic N) is 2. The van der Waals surface area contributed by atoms with Gasteiger partial charge in [0, 0.05) is 23.3 Å². The van der Waals surface area contributed by atoms with Crippen LogP contribution >= 0.6 is 62.6 Å². The van der Waals surface area contributed by atoms with Crippen LogP contribution in [0.2, 0.25) is 0 Å². The first-order valence-electron chi connectivity index (χ1n) is 7.16. The van der Waals surface area contributed by atoms with Crippen molar-refractivity contribution in [1.29, 1.82) is 0 Å². The number of guanidine groups is 1. The largest absolute Gasteiger partial charge is 0.434 e. The zero-order valence-corrected chi connectivity index (χ0v) is 18.7. The van der Waals surface area contributed by atoms with Crippen molar-refractivity contribution in [1.82, 2.24) is 15.6 Å². The Morgan fingerprint density at radius 3 is 2.64 bits per heavy atom. The Morgan fingerprint density at radius 1 is 1.32 bits per heavy atom. The second-order valence-corrected chi connectivity index (χ2v) is 8.19. The van der Waals surface area contributed by atoms with Crippen LogP contribution in [-0.2, 0) is 19.1 Å². The summed E-state index contributed by atoms with van der Waals surface area (Å²) < 4.78 is 38.7. The van der Waals surface area contributed by atoms with Crippen LogP contribution in [0.5, 0.6) is 0 Å². The summed E-state index contributed by atoms with van der Waals surface area (Å²) in [6, 6.07) is 4.05. The maximum absolute atomic E-state index is 12.5. The number of aromatic nitrogens is 1. The Bertz CT molecular complexity index is 688. The number of thiazole rings is 1. The number of hydrogen-bond donors (Lipinski definition) is 2. The smallest absolute Gasteiger partial charge is 0.357 e. The molecule has 2 heterocycles. The lowest BCUT2D eigenvalue weighted by atomic mass is 10.3. The lowest BCUT2D eigenvalue weighted by Gasteiger charge is -2.10. The molecular formula is C14H17BrF3IN4S2. The molecule has 140 valence electrons. The van der Waals surface area contributed by atoms with Crippen molar-refractivity contribution in [3.63, 3.8) is 0 Å². The highest BCUT2D eigenvalue weighted by molar-refractivity contribution is 14.0. The summed E-state index contributed by atoms with van der Waals surface area (Å²) >= 11 is 6.05. The average molecular weight is 569 g/mol. The van der Waals surface area contributed by atoms with Gasteiger partial charge in [-0.2, -0.15) is 13.2 Å². The lowest BCUT2D eigenvalue weighted by Crippen LogP contribution is -2.38. The highest BCUT2D eigenvalue weighted by atomic mass is 127. The predicted molar refractivity (Wildman–Crippen MR) is 111 cm³/mol. The third-order valence-corrected chi connectivity index (χ3v) is 5.37. The van der Waals surface area contributed by atoms with Crippen LogP contribution in [-0.4, -0.2) is 24.0 Å². The quantitative estimate of drug-likeness (QED) is 0.296. The fraction of sp³-hybridized carbons (Fsp3) is 0.429. The monoisotopic (exact) mass is 568 g/mol. The Labute approximate surface area is 177 Å². The molecule has 4 nitrogen and oxygen atoms in total. The van der Waals surface area contributed by atoms with E-state index in [0.29, 0.717) is 24.1 Å². The van der Waals surface area contributed by atoms with Crippen molar-refractivity contribution in [3.8, 4) is 0 Å². The van der Waals surface area contributed by atoms with E-state index in [2.05, 4.69) is 42.6 Å². The molecule has 0 fully saturated rings. The molecular weight excluding hydrogens is 552 g/mol. The van der Waals surface area contributed by atoms with E-state index < -0.39 is 11.9 Å². The molecule has 0 spiro atoms. The van der Waals surface area contributed by atoms with Crippen LogP contribution < -0.4 is 10.6 Å². The molecule has 0 aliphatic carbocycles. The molecule has 2 rings (SSSR count). The number of hydrogen-bond acceptors (Lipinski definition) is 4. The van der Waals surface area contributed by atoms with Crippen molar-refractivity contribution >= 4 is 68.5 Å². The van der Waals surface area contributed by atoms with Gasteiger partial charge >= 0.3 is 6.18 Å². The van der Waals surface area contributed by atoms with E-state index in [4.69, 9.17) is 0 Å². The van der Waals surface area contributed by atoms with E-state index in [9.17, 15) is 13.2 Å². The predicted octanol–water partition coefficient (Wildman–Crippen LogP) is 4.90. The van der Waals surface area contributed by atoms with E-state index in [1.165, 1.54) is 4.88 Å². The van der Waals surface area contributed by atoms with Gasteiger partial charge in [0.15, 0.2) is 11.7 Å². The van der Waals surface area contributed by atoms with E-state index in [0.717, 1.165) is 26.9 Å². The van der Waals surface area contributed by atoms with Gasteiger partial charge in [-0.05, 0) is 41.4 Å². The summed E-state index contributed by atoms with van der Waals surface area (Å²) in [4.78, 5) is 9.09. The standard InChI is InChI=1S/C14H16BrF3N4S2.HI/c1-2-19-13(20-6-5-9-3-4-11(15)24-9)21-7-12-22-10(8-23-12)14(16,17)18;/h3-4,8H,2,5-7H2,1H3,(H2,19,20,21);1H. The third kappa shape index (κ3) is 7.79. The van der Waals surface area contributed by atoms with Gasteiger partial charge < -0.3 is 10.6 Å². The normalized spacial score (nSPS) is 12.0. The molecule has 0 aliphatic heterocycles. The fourth-order valence-corrected chi connectivity index (χ4v) is 4.00. The maximum atomic E-state index is 12.5. The minimum atomic E-state index is -4.41. The molecule has 0 saturated heterocycles. The lowest BCUT2D eigenvalue weighted by molar-refractivity contribution is -0.140. The SMILES string of the molecule is CCNC(=NCc1nc(C(F)(F)F)cs1)NCCc1ccc(Br)s1.I. The summed E-state index contributed by atoms with van der Waals surface area (Å²) in [6.07, 6.45) is -3.56. The molecule has 0 bridgehead atoms. The first-order chi connectivity index (χ1) is 11.4. The molecule has 0 radical (unpaired) electrons. The molecule has 2 aromatic rings. The molecule has 0 aromatic carbocycles. The van der Waals surface area contributed by atoms with E-state index in [-0.39, 0.29) is 30.5 Å². The second-order valence-electron chi connectivity index (χ2n) is 4.70. The van der Waals surface area contributed by atoms with Crippen molar-refractivity contribution in [2.45, 2.75) is 26.1 Å². The van der Waals surface area contributed by atoms with Gasteiger partial charge in [0.05, 0.1) is 10.3 Å². The second kappa shape index (κ2) is 10.7. The number of halogens is 5. The highest BCUT2D eigenvalue weighted by Crippen LogP contribution is 2.30. The fourth-order valence-electron chi connectivity index (χ4n) is 1.79. The minimum absolute atomic E-state index is 0. The average Bonchev–Trinajstić information content (AvgIpc) is 3.13. The zero-order valence-electron chi connectivity index (χ0n) is 13.2. The first kappa shape index (κ1) is 22.6. The number of alkyl halides is 3. The van der Waals surface area contributed by atoms with Crippen LogP contribution in [0.1, 0.15) is 22.5 Å². The van der Waals surface area contributed by atoms with Gasteiger partial charge in [-0.25, -0.2) is 9.98 Å². The molecule has 2 N–H and O–H groups in total. The molecule has 25 heavy (non-hydrogen) atoms. The van der Waals surface area contributed by atoms with Crippen LogP contribution in [0.4, 0.5) is 13.2 Å². The van der Waals surface area contributed by atoms with E-state index >= 15 is 0 Å².